The lowest BCUT2D eigenvalue weighted by atomic mass is 10.0. The van der Waals surface area contributed by atoms with E-state index in [-0.39, 0.29) is 5.57 Å². The quantitative estimate of drug-likeness (QED) is 0.146. The van der Waals surface area contributed by atoms with Crippen molar-refractivity contribution in [1.82, 2.24) is 0 Å². The first kappa shape index (κ1) is 28.4. The van der Waals surface area contributed by atoms with Crippen molar-refractivity contribution >= 4 is 46.1 Å². The van der Waals surface area contributed by atoms with E-state index in [0.29, 0.717) is 40.4 Å². The highest BCUT2D eigenvalue weighted by Crippen LogP contribution is 2.35. The first-order valence-corrected chi connectivity index (χ1v) is 14.2. The Morgan fingerprint density at radius 3 is 2.18 bits per heavy atom. The number of anilines is 2. The molecule has 1 fully saturated rings. The third kappa shape index (κ3) is 5.43. The molecule has 4 amide bonds. The van der Waals surface area contributed by atoms with Gasteiger partial charge >= 0.3 is 6.03 Å². The van der Waals surface area contributed by atoms with Gasteiger partial charge in [-0.05, 0) is 72.3 Å². The molecule has 5 aromatic carbocycles. The molecule has 7 nitrogen and oxygen atoms in total. The third-order valence-corrected chi connectivity index (χ3v) is 7.53. The molecule has 0 N–H and O–H groups in total. The summed E-state index contributed by atoms with van der Waals surface area (Å²) in [7, 11) is 1.53. The zero-order valence-electron chi connectivity index (χ0n) is 24.6. The molecule has 0 aliphatic carbocycles. The maximum Gasteiger partial charge on any atom is 0.343 e. The van der Waals surface area contributed by atoms with Crippen molar-refractivity contribution in [2.45, 2.75) is 20.5 Å². The van der Waals surface area contributed by atoms with Gasteiger partial charge in [-0.15, -0.1) is 0 Å². The summed E-state index contributed by atoms with van der Waals surface area (Å²) in [5.74, 6) is -0.454. The molecule has 6 rings (SSSR count). The average Bonchev–Trinajstić information content (AvgIpc) is 3.03. The molecular weight excluding hydrogens is 552 g/mol. The summed E-state index contributed by atoms with van der Waals surface area (Å²) < 4.78 is 11.6. The third-order valence-electron chi connectivity index (χ3n) is 7.53. The molecule has 0 atom stereocenters. The zero-order chi connectivity index (χ0) is 30.8. The number of hydrogen-bond acceptors (Lipinski definition) is 5. The lowest BCUT2D eigenvalue weighted by Gasteiger charge is -2.34. The van der Waals surface area contributed by atoms with Crippen molar-refractivity contribution in [3.63, 3.8) is 0 Å². The van der Waals surface area contributed by atoms with Crippen molar-refractivity contribution in [3.05, 3.63) is 137 Å². The summed E-state index contributed by atoms with van der Waals surface area (Å²) >= 11 is 0. The average molecular weight is 583 g/mol. The molecular formula is C37H30N2O5. The number of amides is 4. The first-order valence-electron chi connectivity index (χ1n) is 14.2. The second-order valence-corrected chi connectivity index (χ2v) is 10.6. The molecule has 5 aromatic rings. The van der Waals surface area contributed by atoms with Crippen LogP contribution in [0.1, 0.15) is 22.3 Å². The van der Waals surface area contributed by atoms with E-state index in [1.807, 2.05) is 74.5 Å². The fraction of sp³-hybridized carbons (Fsp3) is 0.108. The number of rotatable bonds is 7. The first-order chi connectivity index (χ1) is 21.3. The largest absolute Gasteiger partial charge is 0.493 e. The minimum absolute atomic E-state index is 0.158. The van der Waals surface area contributed by atoms with Crippen LogP contribution in [0.5, 0.6) is 11.5 Å². The number of nitrogens with zero attached hydrogens (tertiary/aromatic N) is 2. The maximum atomic E-state index is 14.1. The normalized spacial score (nSPS) is 14.4. The Labute approximate surface area is 255 Å². The Morgan fingerprint density at radius 2 is 1.41 bits per heavy atom. The lowest BCUT2D eigenvalue weighted by Crippen LogP contribution is -2.57. The van der Waals surface area contributed by atoms with Gasteiger partial charge in [0.15, 0.2) is 11.5 Å². The van der Waals surface area contributed by atoms with Crippen LogP contribution in [0.25, 0.3) is 16.8 Å². The molecule has 1 heterocycles. The molecule has 0 saturated carbocycles. The molecule has 44 heavy (non-hydrogen) atoms. The van der Waals surface area contributed by atoms with Crippen LogP contribution in [0.3, 0.4) is 0 Å². The summed E-state index contributed by atoms with van der Waals surface area (Å²) in [6.07, 6.45) is 1.49. The van der Waals surface area contributed by atoms with E-state index in [0.717, 1.165) is 31.9 Å². The summed E-state index contributed by atoms with van der Waals surface area (Å²) in [4.78, 5) is 44.1. The summed E-state index contributed by atoms with van der Waals surface area (Å²) in [5.41, 5.74) is 4.20. The van der Waals surface area contributed by atoms with E-state index in [1.54, 1.807) is 48.5 Å². The maximum absolute atomic E-state index is 14.1. The van der Waals surface area contributed by atoms with Crippen molar-refractivity contribution in [1.29, 1.82) is 0 Å². The number of imide groups is 2. The predicted molar refractivity (Wildman–Crippen MR) is 172 cm³/mol. The monoisotopic (exact) mass is 582 g/mol. The number of barbiturate groups is 1. The van der Waals surface area contributed by atoms with Gasteiger partial charge in [-0.3, -0.25) is 9.59 Å². The van der Waals surface area contributed by atoms with Gasteiger partial charge in [0.2, 0.25) is 0 Å². The van der Waals surface area contributed by atoms with Crippen LogP contribution < -0.4 is 19.3 Å². The summed E-state index contributed by atoms with van der Waals surface area (Å²) in [6.45, 7) is 4.25. The van der Waals surface area contributed by atoms with Crippen LogP contribution in [-0.4, -0.2) is 25.0 Å². The second-order valence-electron chi connectivity index (χ2n) is 10.6. The highest BCUT2D eigenvalue weighted by molar-refractivity contribution is 6.46. The van der Waals surface area contributed by atoms with E-state index in [1.165, 1.54) is 13.2 Å². The zero-order valence-corrected chi connectivity index (χ0v) is 24.6. The SMILES string of the molecule is COc1cc(/C=C2\C(=O)N(c3cccc(C)c3)C(=O)N(c3cccc4ccccc34)C2=O)ccc1OCc1ccc(C)cc1. The highest BCUT2D eigenvalue weighted by Gasteiger charge is 2.44. The van der Waals surface area contributed by atoms with Crippen LogP contribution in [-0.2, 0) is 16.2 Å². The number of carbonyl (C=O) groups is 3. The molecule has 218 valence electrons. The number of aryl methyl sites for hydroxylation is 2. The number of ether oxygens (including phenoxy) is 2. The van der Waals surface area contributed by atoms with Gasteiger partial charge in [0, 0.05) is 5.39 Å². The molecule has 1 saturated heterocycles. The Balaban J connectivity index is 1.41. The highest BCUT2D eigenvalue weighted by atomic mass is 16.5. The van der Waals surface area contributed by atoms with Crippen LogP contribution in [0.15, 0.2) is 115 Å². The number of hydrogen-bond donors (Lipinski definition) is 0. The van der Waals surface area contributed by atoms with Crippen molar-refractivity contribution in [3.8, 4) is 11.5 Å². The fourth-order valence-electron chi connectivity index (χ4n) is 5.25. The number of fused-ring (bicyclic) bond motifs is 1. The van der Waals surface area contributed by atoms with Crippen LogP contribution in [0.4, 0.5) is 16.2 Å². The molecule has 0 spiro atoms. The fourth-order valence-corrected chi connectivity index (χ4v) is 5.25. The Kier molecular flexibility index (Phi) is 7.69. The second kappa shape index (κ2) is 11.9. The molecule has 1 aliphatic rings. The van der Waals surface area contributed by atoms with E-state index in [9.17, 15) is 14.4 Å². The van der Waals surface area contributed by atoms with Crippen LogP contribution in [0, 0.1) is 13.8 Å². The molecule has 1 aliphatic heterocycles. The minimum Gasteiger partial charge on any atom is -0.493 e. The van der Waals surface area contributed by atoms with Gasteiger partial charge in [-0.1, -0.05) is 84.4 Å². The van der Waals surface area contributed by atoms with E-state index >= 15 is 0 Å². The van der Waals surface area contributed by atoms with E-state index in [2.05, 4.69) is 0 Å². The van der Waals surface area contributed by atoms with E-state index < -0.39 is 17.8 Å². The van der Waals surface area contributed by atoms with Crippen molar-refractivity contribution < 1.29 is 23.9 Å². The molecule has 0 aromatic heterocycles. The van der Waals surface area contributed by atoms with Gasteiger partial charge in [-0.25, -0.2) is 14.6 Å². The molecule has 0 bridgehead atoms. The van der Waals surface area contributed by atoms with Gasteiger partial charge in [-0.2, -0.15) is 0 Å². The van der Waals surface area contributed by atoms with Crippen molar-refractivity contribution in [2.75, 3.05) is 16.9 Å². The predicted octanol–water partition coefficient (Wildman–Crippen LogP) is 7.63. The topological polar surface area (TPSA) is 76.2 Å². The number of benzene rings is 5. The minimum atomic E-state index is -0.739. The number of urea groups is 1. The summed E-state index contributed by atoms with van der Waals surface area (Å²) in [6, 6.07) is 32.5. The van der Waals surface area contributed by atoms with E-state index in [4.69, 9.17) is 9.47 Å². The van der Waals surface area contributed by atoms with Gasteiger partial charge < -0.3 is 9.47 Å². The number of carbonyl (C=O) groups excluding carboxylic acids is 3. The molecule has 7 heteroatoms. The smallest absolute Gasteiger partial charge is 0.343 e. The summed E-state index contributed by atoms with van der Waals surface area (Å²) in [5, 5.41) is 1.58. The van der Waals surface area contributed by atoms with Crippen LogP contribution >= 0.6 is 0 Å². The van der Waals surface area contributed by atoms with Crippen molar-refractivity contribution in [2.24, 2.45) is 0 Å². The lowest BCUT2D eigenvalue weighted by molar-refractivity contribution is -0.121. The Morgan fingerprint density at radius 1 is 0.682 bits per heavy atom. The van der Waals surface area contributed by atoms with Gasteiger partial charge in [0.25, 0.3) is 11.8 Å². The Hall–Kier alpha value is -5.69. The standard InChI is InChI=1S/C37H30N2O5/c1-24-14-16-26(17-15-24)23-44-33-19-18-27(22-34(33)43-3)21-31-35(40)38(29-11-6-8-25(2)20-29)37(42)39(36(31)41)32-13-7-10-28-9-4-5-12-30(28)32/h4-22H,23H2,1-3H3/b31-21+. The Bertz CT molecular complexity index is 1940. The van der Waals surface area contributed by atoms with Gasteiger partial charge in [0.1, 0.15) is 12.2 Å². The molecule has 0 unspecified atom stereocenters. The van der Waals surface area contributed by atoms with Crippen LogP contribution in [0.2, 0.25) is 0 Å². The molecule has 0 radical (unpaired) electrons. The van der Waals surface area contributed by atoms with Gasteiger partial charge in [0.05, 0.1) is 18.5 Å². The number of methoxy groups -OCH3 is 1.